The molecule has 1 saturated heterocycles. The van der Waals surface area contributed by atoms with Crippen molar-refractivity contribution < 1.29 is 14.9 Å². The Morgan fingerprint density at radius 1 is 1.41 bits per heavy atom. The molecule has 0 unspecified atom stereocenters. The first kappa shape index (κ1) is 14.5. The molecule has 3 N–H and O–H groups in total. The monoisotopic (exact) mass is 306 g/mol. The predicted molar refractivity (Wildman–Crippen MR) is 74.8 cm³/mol. The molecule has 0 bridgehead atoms. The third-order valence-corrected chi connectivity index (χ3v) is 3.53. The van der Waals surface area contributed by atoms with Crippen LogP contribution in [0.1, 0.15) is 6.23 Å². The summed E-state index contributed by atoms with van der Waals surface area (Å²) in [7, 11) is 1.71. The number of aromatic nitrogens is 4. The molecule has 2 aromatic heterocycles. The minimum Gasteiger partial charge on any atom is -0.388 e. The van der Waals surface area contributed by atoms with Crippen molar-refractivity contribution in [1.82, 2.24) is 19.5 Å². The number of nitrogens with zero attached hydrogens (tertiary/aromatic N) is 7. The largest absolute Gasteiger partial charge is 0.388 e. The van der Waals surface area contributed by atoms with Gasteiger partial charge in [0.1, 0.15) is 24.1 Å². The lowest BCUT2D eigenvalue weighted by Gasteiger charge is -2.16. The first-order chi connectivity index (χ1) is 10.7. The molecular formula is C11H14N8O3. The standard InChI is InChI=1S/C11H14N8O3/c1-13-9-6-10(15-3-14-9)19(4-16-6)11-8(21)7(20)5(22-11)2-17-18-12/h3-5,7-8,11,20-21H,2H2,1H3,(H,13,14,15)/t5-,7-,8-,11-/m1/s1. The molecule has 0 aromatic carbocycles. The quantitative estimate of drug-likeness (QED) is 0.401. The van der Waals surface area contributed by atoms with Gasteiger partial charge in [-0.3, -0.25) is 4.57 Å². The molecule has 0 amide bonds. The molecule has 116 valence electrons. The molecule has 11 nitrogen and oxygen atoms in total. The van der Waals surface area contributed by atoms with E-state index in [1.807, 2.05) is 0 Å². The Kier molecular flexibility index (Phi) is 3.77. The Morgan fingerprint density at radius 2 is 2.23 bits per heavy atom. The summed E-state index contributed by atoms with van der Waals surface area (Å²) in [6.07, 6.45) is -1.21. The summed E-state index contributed by atoms with van der Waals surface area (Å²) in [4.78, 5) is 15.0. The van der Waals surface area contributed by atoms with Crippen LogP contribution in [-0.2, 0) is 4.74 Å². The summed E-state index contributed by atoms with van der Waals surface area (Å²) >= 11 is 0. The maximum atomic E-state index is 10.2. The van der Waals surface area contributed by atoms with E-state index in [9.17, 15) is 10.2 Å². The minimum atomic E-state index is -1.19. The van der Waals surface area contributed by atoms with Gasteiger partial charge >= 0.3 is 0 Å². The fraction of sp³-hybridized carbons (Fsp3) is 0.545. The van der Waals surface area contributed by atoms with Crippen LogP contribution in [0.5, 0.6) is 0 Å². The Morgan fingerprint density at radius 3 is 2.95 bits per heavy atom. The third kappa shape index (κ3) is 2.22. The Labute approximate surface area is 124 Å². The van der Waals surface area contributed by atoms with Gasteiger partial charge in [0.2, 0.25) is 0 Å². The predicted octanol–water partition coefficient (Wildman–Crippen LogP) is -0.203. The van der Waals surface area contributed by atoms with Crippen LogP contribution in [0.4, 0.5) is 5.82 Å². The van der Waals surface area contributed by atoms with Gasteiger partial charge in [0.05, 0.1) is 19.0 Å². The van der Waals surface area contributed by atoms with Crippen molar-refractivity contribution in [3.8, 4) is 0 Å². The number of aliphatic hydroxyl groups is 2. The number of rotatable bonds is 4. The van der Waals surface area contributed by atoms with E-state index in [0.717, 1.165) is 0 Å². The van der Waals surface area contributed by atoms with E-state index in [1.165, 1.54) is 17.2 Å². The van der Waals surface area contributed by atoms with Crippen LogP contribution in [-0.4, -0.2) is 61.6 Å². The summed E-state index contributed by atoms with van der Waals surface area (Å²) < 4.78 is 7.11. The highest BCUT2D eigenvalue weighted by Gasteiger charge is 2.43. The molecule has 11 heteroatoms. The fourth-order valence-electron chi connectivity index (χ4n) is 2.45. The van der Waals surface area contributed by atoms with Crippen molar-refractivity contribution in [2.75, 3.05) is 18.9 Å². The van der Waals surface area contributed by atoms with Crippen LogP contribution in [0.2, 0.25) is 0 Å². The van der Waals surface area contributed by atoms with Gasteiger partial charge in [-0.05, 0) is 5.53 Å². The lowest BCUT2D eigenvalue weighted by molar-refractivity contribution is -0.0321. The summed E-state index contributed by atoms with van der Waals surface area (Å²) in [5, 5.41) is 26.4. The van der Waals surface area contributed by atoms with E-state index >= 15 is 0 Å². The van der Waals surface area contributed by atoms with Crippen LogP contribution in [0.25, 0.3) is 21.6 Å². The van der Waals surface area contributed by atoms with Crippen molar-refractivity contribution in [1.29, 1.82) is 0 Å². The first-order valence-corrected chi connectivity index (χ1v) is 6.55. The van der Waals surface area contributed by atoms with Crippen LogP contribution in [0.3, 0.4) is 0 Å². The molecule has 22 heavy (non-hydrogen) atoms. The molecule has 3 heterocycles. The second kappa shape index (κ2) is 5.73. The Balaban J connectivity index is 1.96. The molecular weight excluding hydrogens is 292 g/mol. The average Bonchev–Trinajstić information content (AvgIpc) is 3.08. The van der Waals surface area contributed by atoms with Gasteiger partial charge in [-0.2, -0.15) is 0 Å². The first-order valence-electron chi connectivity index (χ1n) is 6.55. The lowest BCUT2D eigenvalue weighted by atomic mass is 10.1. The molecule has 2 aromatic rings. The Bertz CT molecular complexity index is 727. The van der Waals surface area contributed by atoms with Gasteiger partial charge < -0.3 is 20.3 Å². The van der Waals surface area contributed by atoms with Crippen LogP contribution < -0.4 is 5.32 Å². The van der Waals surface area contributed by atoms with Gasteiger partial charge in [-0.25, -0.2) is 15.0 Å². The zero-order valence-electron chi connectivity index (χ0n) is 11.6. The second-order valence-electron chi connectivity index (χ2n) is 4.76. The van der Waals surface area contributed by atoms with Crippen molar-refractivity contribution in [2.45, 2.75) is 24.5 Å². The lowest BCUT2D eigenvalue weighted by Crippen LogP contribution is -2.32. The summed E-state index contributed by atoms with van der Waals surface area (Å²) in [5.41, 5.74) is 9.33. The zero-order valence-corrected chi connectivity index (χ0v) is 11.6. The number of hydrogen-bond acceptors (Lipinski definition) is 8. The molecule has 0 spiro atoms. The fourth-order valence-corrected chi connectivity index (χ4v) is 2.45. The zero-order chi connectivity index (χ0) is 15.7. The molecule has 1 aliphatic heterocycles. The highest BCUT2D eigenvalue weighted by atomic mass is 16.6. The number of nitrogens with one attached hydrogen (secondary N) is 1. The van der Waals surface area contributed by atoms with Crippen molar-refractivity contribution in [2.24, 2.45) is 5.11 Å². The topological polar surface area (TPSA) is 154 Å². The number of azide groups is 1. The molecule has 0 aliphatic carbocycles. The van der Waals surface area contributed by atoms with E-state index in [0.29, 0.717) is 17.0 Å². The Hall–Kier alpha value is -2.46. The number of hydrogen-bond donors (Lipinski definition) is 3. The van der Waals surface area contributed by atoms with Gasteiger partial charge in [-0.15, -0.1) is 0 Å². The molecule has 4 atom stereocenters. The molecule has 1 fully saturated rings. The van der Waals surface area contributed by atoms with Gasteiger partial charge in [0.15, 0.2) is 17.7 Å². The summed E-state index contributed by atoms with van der Waals surface area (Å²) in [6.45, 7) is -0.0748. The average molecular weight is 306 g/mol. The minimum absolute atomic E-state index is 0.0748. The number of aliphatic hydroxyl groups excluding tert-OH is 2. The molecule has 1 aliphatic rings. The SMILES string of the molecule is CNc1ncnc2c1ncn2[C@@H]1O[C@H](CN=[N+]=[N-])[C@@H](O)[C@H]1O. The van der Waals surface area contributed by atoms with Gasteiger partial charge in [0, 0.05) is 12.0 Å². The summed E-state index contributed by atoms with van der Waals surface area (Å²) in [6, 6.07) is 0. The molecule has 3 rings (SSSR count). The van der Waals surface area contributed by atoms with Crippen molar-refractivity contribution >= 4 is 17.0 Å². The highest BCUT2D eigenvalue weighted by molar-refractivity contribution is 5.82. The number of ether oxygens (including phenoxy) is 1. The maximum absolute atomic E-state index is 10.2. The van der Waals surface area contributed by atoms with Crippen LogP contribution in [0.15, 0.2) is 17.8 Å². The van der Waals surface area contributed by atoms with Crippen LogP contribution in [0, 0.1) is 0 Å². The molecule has 0 radical (unpaired) electrons. The van der Waals surface area contributed by atoms with E-state index < -0.39 is 24.5 Å². The normalized spacial score (nSPS) is 27.8. The number of fused-ring (bicyclic) bond motifs is 1. The van der Waals surface area contributed by atoms with E-state index in [4.69, 9.17) is 10.3 Å². The maximum Gasteiger partial charge on any atom is 0.167 e. The van der Waals surface area contributed by atoms with Crippen molar-refractivity contribution in [3.05, 3.63) is 23.1 Å². The van der Waals surface area contributed by atoms with E-state index in [2.05, 4.69) is 30.3 Å². The number of anilines is 1. The van der Waals surface area contributed by atoms with Crippen molar-refractivity contribution in [3.63, 3.8) is 0 Å². The molecule has 0 saturated carbocycles. The second-order valence-corrected chi connectivity index (χ2v) is 4.76. The smallest absolute Gasteiger partial charge is 0.167 e. The summed E-state index contributed by atoms with van der Waals surface area (Å²) in [5.74, 6) is 0.544. The third-order valence-electron chi connectivity index (χ3n) is 3.53. The van der Waals surface area contributed by atoms with Crippen LogP contribution >= 0.6 is 0 Å². The number of imidazole rings is 1. The van der Waals surface area contributed by atoms with E-state index in [1.54, 1.807) is 7.05 Å². The van der Waals surface area contributed by atoms with E-state index in [-0.39, 0.29) is 6.54 Å². The van der Waals surface area contributed by atoms with Gasteiger partial charge in [-0.1, -0.05) is 5.11 Å². The highest BCUT2D eigenvalue weighted by Crippen LogP contribution is 2.32. The van der Waals surface area contributed by atoms with Gasteiger partial charge in [0.25, 0.3) is 0 Å².